The van der Waals surface area contributed by atoms with Crippen LogP contribution in [0, 0.1) is 5.92 Å². The Morgan fingerprint density at radius 3 is 2.31 bits per heavy atom. The minimum Gasteiger partial charge on any atom is -0.396 e. The third-order valence-electron chi connectivity index (χ3n) is 4.94. The second-order valence-electron chi connectivity index (χ2n) is 7.19. The van der Waals surface area contributed by atoms with Crippen molar-refractivity contribution in [1.29, 1.82) is 0 Å². The van der Waals surface area contributed by atoms with Crippen molar-refractivity contribution in [3.05, 3.63) is 0 Å². The van der Waals surface area contributed by atoms with E-state index in [-0.39, 0.29) is 42.4 Å². The predicted octanol–water partition coefficient (Wildman–Crippen LogP) is 0.828. The zero-order chi connectivity index (χ0) is 18.1. The number of carbonyl (C=O) groups excluding carboxylic acids is 1. The molecule has 0 saturated carbocycles. The lowest BCUT2D eigenvalue weighted by Crippen LogP contribution is -2.54. The van der Waals surface area contributed by atoms with Gasteiger partial charge in [0.1, 0.15) is 0 Å². The van der Waals surface area contributed by atoms with Gasteiger partial charge in [-0.2, -0.15) is 0 Å². The number of aliphatic hydroxyl groups is 1. The summed E-state index contributed by atoms with van der Waals surface area (Å²) in [5.41, 5.74) is 0. The summed E-state index contributed by atoms with van der Waals surface area (Å²) in [5, 5.41) is 12.5. The summed E-state index contributed by atoms with van der Waals surface area (Å²) in [6.07, 6.45) is 3.55. The molecular weight excluding hydrogens is 445 g/mol. The van der Waals surface area contributed by atoms with Crippen molar-refractivity contribution in [1.82, 2.24) is 20.0 Å². The fourth-order valence-electron chi connectivity index (χ4n) is 3.28. The highest BCUT2D eigenvalue weighted by molar-refractivity contribution is 14.0. The molecule has 8 heteroatoms. The molecule has 1 unspecified atom stereocenters. The average Bonchev–Trinajstić information content (AvgIpc) is 2.66. The van der Waals surface area contributed by atoms with Crippen molar-refractivity contribution in [3.8, 4) is 0 Å². The maximum Gasteiger partial charge on any atom is 0.236 e. The van der Waals surface area contributed by atoms with Gasteiger partial charge in [-0.3, -0.25) is 14.7 Å². The molecule has 0 aromatic rings. The van der Waals surface area contributed by atoms with Crippen LogP contribution in [0.25, 0.3) is 0 Å². The number of amides is 1. The fourth-order valence-corrected chi connectivity index (χ4v) is 3.28. The molecule has 2 aliphatic rings. The first-order valence-corrected chi connectivity index (χ1v) is 9.78. The van der Waals surface area contributed by atoms with Crippen molar-refractivity contribution in [2.45, 2.75) is 33.1 Å². The SMILES string of the molecule is CCNC(=NCC(C)CO)N1CCN(CC(=O)N2CCCCC2)CC1.I. The smallest absolute Gasteiger partial charge is 0.236 e. The first kappa shape index (κ1) is 23.4. The number of aliphatic imine (C=N–C) groups is 1. The molecule has 1 atom stereocenters. The number of guanidine groups is 1. The van der Waals surface area contributed by atoms with Gasteiger partial charge in [0, 0.05) is 59.0 Å². The molecule has 1 amide bonds. The van der Waals surface area contributed by atoms with E-state index in [2.05, 4.69) is 27.0 Å². The number of hydrogen-bond donors (Lipinski definition) is 2. The Balaban J connectivity index is 0.00000338. The number of carbonyl (C=O) groups is 1. The predicted molar refractivity (Wildman–Crippen MR) is 116 cm³/mol. The maximum atomic E-state index is 12.4. The van der Waals surface area contributed by atoms with Crippen LogP contribution in [0.1, 0.15) is 33.1 Å². The molecule has 2 N–H and O–H groups in total. The molecule has 152 valence electrons. The number of likely N-dealkylation sites (tertiary alicyclic amines) is 1. The van der Waals surface area contributed by atoms with Crippen molar-refractivity contribution in [2.75, 3.05) is 65.5 Å². The van der Waals surface area contributed by atoms with E-state index in [4.69, 9.17) is 5.11 Å². The summed E-state index contributed by atoms with van der Waals surface area (Å²) in [6, 6.07) is 0. The number of rotatable bonds is 6. The van der Waals surface area contributed by atoms with Crippen molar-refractivity contribution >= 4 is 35.8 Å². The Hall–Kier alpha value is -0.610. The second kappa shape index (κ2) is 12.7. The molecule has 7 nitrogen and oxygen atoms in total. The number of piperazine rings is 1. The lowest BCUT2D eigenvalue weighted by molar-refractivity contribution is -0.133. The van der Waals surface area contributed by atoms with E-state index in [0.29, 0.717) is 13.1 Å². The van der Waals surface area contributed by atoms with Gasteiger partial charge < -0.3 is 20.2 Å². The van der Waals surface area contributed by atoms with Crippen LogP contribution in [0.4, 0.5) is 0 Å². The number of halogens is 1. The van der Waals surface area contributed by atoms with Gasteiger partial charge in [0.2, 0.25) is 5.91 Å². The fraction of sp³-hybridized carbons (Fsp3) is 0.889. The van der Waals surface area contributed by atoms with Gasteiger partial charge >= 0.3 is 0 Å². The number of piperidine rings is 1. The molecule has 2 heterocycles. The minimum atomic E-state index is 0. The number of hydrogen-bond acceptors (Lipinski definition) is 4. The van der Waals surface area contributed by atoms with Gasteiger partial charge in [-0.1, -0.05) is 6.92 Å². The summed E-state index contributed by atoms with van der Waals surface area (Å²) in [7, 11) is 0. The molecule has 2 saturated heterocycles. The molecule has 0 radical (unpaired) electrons. The van der Waals surface area contributed by atoms with Gasteiger partial charge in [0.15, 0.2) is 5.96 Å². The van der Waals surface area contributed by atoms with E-state index >= 15 is 0 Å². The first-order chi connectivity index (χ1) is 12.1. The number of nitrogens with one attached hydrogen (secondary N) is 1. The largest absolute Gasteiger partial charge is 0.396 e. The molecule has 26 heavy (non-hydrogen) atoms. The van der Waals surface area contributed by atoms with E-state index in [1.54, 1.807) is 0 Å². The second-order valence-corrected chi connectivity index (χ2v) is 7.19. The lowest BCUT2D eigenvalue weighted by atomic mass is 10.1. The molecule has 0 aromatic heterocycles. The number of aliphatic hydroxyl groups excluding tert-OH is 1. The van der Waals surface area contributed by atoms with Crippen LogP contribution in [0.15, 0.2) is 4.99 Å². The Kier molecular flexibility index (Phi) is 11.5. The highest BCUT2D eigenvalue weighted by Gasteiger charge is 2.24. The van der Waals surface area contributed by atoms with Gasteiger partial charge in [0.25, 0.3) is 0 Å². The normalized spacial score (nSPS) is 20.5. The Morgan fingerprint density at radius 2 is 1.73 bits per heavy atom. The molecule has 0 bridgehead atoms. The summed E-state index contributed by atoms with van der Waals surface area (Å²) in [4.78, 5) is 23.6. The van der Waals surface area contributed by atoms with Gasteiger partial charge in [-0.15, -0.1) is 24.0 Å². The van der Waals surface area contributed by atoms with Crippen molar-refractivity contribution in [3.63, 3.8) is 0 Å². The lowest BCUT2D eigenvalue weighted by Gasteiger charge is -2.37. The van der Waals surface area contributed by atoms with E-state index in [0.717, 1.165) is 64.6 Å². The van der Waals surface area contributed by atoms with Gasteiger partial charge in [-0.05, 0) is 32.1 Å². The molecule has 0 spiro atoms. The first-order valence-electron chi connectivity index (χ1n) is 9.78. The Morgan fingerprint density at radius 1 is 1.08 bits per heavy atom. The standard InChI is InChI=1S/C18H35N5O2.HI/c1-3-19-18(20-13-16(2)15-24)23-11-9-21(10-12-23)14-17(25)22-7-5-4-6-8-22;/h16,24H,3-15H2,1-2H3,(H,19,20);1H. The van der Waals surface area contributed by atoms with Crippen LogP contribution < -0.4 is 5.32 Å². The Labute approximate surface area is 175 Å². The summed E-state index contributed by atoms with van der Waals surface area (Å²) in [6.45, 7) is 11.6. The molecular formula is C18H36IN5O2. The van der Waals surface area contributed by atoms with E-state index in [1.807, 2.05) is 11.8 Å². The summed E-state index contributed by atoms with van der Waals surface area (Å²) >= 11 is 0. The average molecular weight is 481 g/mol. The van der Waals surface area contributed by atoms with Crippen LogP contribution in [0.3, 0.4) is 0 Å². The minimum absolute atomic E-state index is 0. The third kappa shape index (κ3) is 7.56. The van der Waals surface area contributed by atoms with Crippen molar-refractivity contribution in [2.24, 2.45) is 10.9 Å². The highest BCUT2D eigenvalue weighted by Crippen LogP contribution is 2.10. The van der Waals surface area contributed by atoms with Crippen LogP contribution in [0.2, 0.25) is 0 Å². The summed E-state index contributed by atoms with van der Waals surface area (Å²) < 4.78 is 0. The zero-order valence-corrected chi connectivity index (χ0v) is 18.7. The topological polar surface area (TPSA) is 71.4 Å². The molecule has 0 aliphatic carbocycles. The molecule has 2 fully saturated rings. The Bertz CT molecular complexity index is 435. The van der Waals surface area contributed by atoms with E-state index in [9.17, 15) is 4.79 Å². The maximum absolute atomic E-state index is 12.4. The summed E-state index contributed by atoms with van der Waals surface area (Å²) in [5.74, 6) is 1.38. The van der Waals surface area contributed by atoms with Crippen LogP contribution in [-0.4, -0.2) is 97.2 Å². The van der Waals surface area contributed by atoms with Crippen molar-refractivity contribution < 1.29 is 9.90 Å². The van der Waals surface area contributed by atoms with Crippen LogP contribution in [0.5, 0.6) is 0 Å². The number of nitrogens with zero attached hydrogens (tertiary/aromatic N) is 4. The molecule has 0 aromatic carbocycles. The van der Waals surface area contributed by atoms with Crippen LogP contribution >= 0.6 is 24.0 Å². The zero-order valence-electron chi connectivity index (χ0n) is 16.3. The monoisotopic (exact) mass is 481 g/mol. The van der Waals surface area contributed by atoms with E-state index < -0.39 is 0 Å². The third-order valence-corrected chi connectivity index (χ3v) is 4.94. The molecule has 2 aliphatic heterocycles. The van der Waals surface area contributed by atoms with Gasteiger partial charge in [-0.25, -0.2) is 0 Å². The van der Waals surface area contributed by atoms with E-state index in [1.165, 1.54) is 6.42 Å². The highest BCUT2D eigenvalue weighted by atomic mass is 127. The quantitative estimate of drug-likeness (QED) is 0.334. The molecule has 2 rings (SSSR count). The van der Waals surface area contributed by atoms with Crippen LogP contribution in [-0.2, 0) is 4.79 Å². The van der Waals surface area contributed by atoms with Gasteiger partial charge in [0.05, 0.1) is 6.54 Å².